The van der Waals surface area contributed by atoms with Crippen molar-refractivity contribution in [1.29, 1.82) is 0 Å². The van der Waals surface area contributed by atoms with Gasteiger partial charge in [-0.3, -0.25) is 0 Å². The van der Waals surface area contributed by atoms with E-state index in [2.05, 4.69) is 45.1 Å². The van der Waals surface area contributed by atoms with Crippen molar-refractivity contribution in [2.45, 2.75) is 12.8 Å². The molecule has 68 valence electrons. The molecule has 0 N–H and O–H groups in total. The topological polar surface area (TPSA) is 3.24 Å². The molecule has 1 nitrogen and oxygen atoms in total. The molecule has 0 radical (unpaired) electrons. The Hall–Kier alpha value is -0.500. The minimum atomic E-state index is 0.752. The van der Waals surface area contributed by atoms with Crippen molar-refractivity contribution >= 4 is 21.6 Å². The lowest BCUT2D eigenvalue weighted by Gasteiger charge is -2.42. The Labute approximate surface area is 86.9 Å². The van der Waals surface area contributed by atoms with Crippen molar-refractivity contribution < 1.29 is 0 Å². The van der Waals surface area contributed by atoms with E-state index in [1.54, 1.807) is 0 Å². The highest BCUT2D eigenvalue weighted by atomic mass is 79.9. The van der Waals surface area contributed by atoms with Crippen LogP contribution < -0.4 is 4.90 Å². The van der Waals surface area contributed by atoms with Crippen molar-refractivity contribution in [2.24, 2.45) is 5.41 Å². The number of nitrogens with zero attached hydrogens (tertiary/aromatic N) is 1. The average molecular weight is 238 g/mol. The van der Waals surface area contributed by atoms with Crippen LogP contribution in [0.5, 0.6) is 0 Å². The number of rotatable bonds is 1. The van der Waals surface area contributed by atoms with Crippen LogP contribution in [0.4, 0.5) is 5.69 Å². The van der Waals surface area contributed by atoms with Gasteiger partial charge in [-0.15, -0.1) is 0 Å². The molecule has 1 aromatic carbocycles. The molecule has 0 aromatic heterocycles. The van der Waals surface area contributed by atoms with E-state index in [1.807, 2.05) is 0 Å². The molecule has 1 spiro atoms. The monoisotopic (exact) mass is 237 g/mol. The van der Waals surface area contributed by atoms with Gasteiger partial charge < -0.3 is 4.90 Å². The first-order chi connectivity index (χ1) is 6.27. The van der Waals surface area contributed by atoms with Crippen molar-refractivity contribution in [2.75, 3.05) is 18.0 Å². The lowest BCUT2D eigenvalue weighted by molar-refractivity contribution is 0.387. The molecule has 0 bridgehead atoms. The predicted octanol–water partition coefficient (Wildman–Crippen LogP) is 3.05. The smallest absolute Gasteiger partial charge is 0.0377 e. The molecular formula is C11H12BrN. The van der Waals surface area contributed by atoms with Crippen molar-refractivity contribution in [3.63, 3.8) is 0 Å². The quantitative estimate of drug-likeness (QED) is 0.726. The molecule has 3 rings (SSSR count). The molecule has 1 saturated carbocycles. The third-order valence-electron chi connectivity index (χ3n) is 3.18. The molecule has 0 unspecified atom stereocenters. The molecule has 1 aliphatic carbocycles. The standard InChI is InChI=1S/C11H12BrN/c12-9-2-1-3-10(6-9)13-7-11(8-13)4-5-11/h1-3,6H,4-5,7-8H2. The summed E-state index contributed by atoms with van der Waals surface area (Å²) in [5, 5.41) is 0. The van der Waals surface area contributed by atoms with Gasteiger partial charge in [0.1, 0.15) is 0 Å². The molecule has 13 heavy (non-hydrogen) atoms. The van der Waals surface area contributed by atoms with Crippen LogP contribution in [0, 0.1) is 5.41 Å². The van der Waals surface area contributed by atoms with Crippen molar-refractivity contribution in [1.82, 2.24) is 0 Å². The third kappa shape index (κ3) is 1.28. The van der Waals surface area contributed by atoms with Gasteiger partial charge in [-0.25, -0.2) is 0 Å². The molecular weight excluding hydrogens is 226 g/mol. The highest BCUT2D eigenvalue weighted by molar-refractivity contribution is 9.10. The van der Waals surface area contributed by atoms with Crippen LogP contribution in [0.1, 0.15) is 12.8 Å². The van der Waals surface area contributed by atoms with Crippen LogP contribution in [-0.2, 0) is 0 Å². The van der Waals surface area contributed by atoms with Crippen molar-refractivity contribution in [3.05, 3.63) is 28.7 Å². The maximum absolute atomic E-state index is 3.50. The van der Waals surface area contributed by atoms with Crippen LogP contribution in [0.25, 0.3) is 0 Å². The normalized spacial score (nSPS) is 23.0. The van der Waals surface area contributed by atoms with E-state index in [1.165, 1.54) is 36.1 Å². The number of benzene rings is 1. The number of hydrogen-bond donors (Lipinski definition) is 0. The van der Waals surface area contributed by atoms with Crippen LogP contribution in [0.15, 0.2) is 28.7 Å². The van der Waals surface area contributed by atoms with E-state index >= 15 is 0 Å². The summed E-state index contributed by atoms with van der Waals surface area (Å²) in [6, 6.07) is 8.59. The van der Waals surface area contributed by atoms with Gasteiger partial charge >= 0.3 is 0 Å². The minimum Gasteiger partial charge on any atom is -0.370 e. The zero-order valence-electron chi connectivity index (χ0n) is 7.46. The van der Waals surface area contributed by atoms with E-state index in [-0.39, 0.29) is 0 Å². The first kappa shape index (κ1) is 7.86. The Morgan fingerprint density at radius 1 is 1.23 bits per heavy atom. The fourth-order valence-electron chi connectivity index (χ4n) is 2.11. The minimum absolute atomic E-state index is 0.752. The van der Waals surface area contributed by atoms with E-state index in [0.29, 0.717) is 0 Å². The molecule has 2 fully saturated rings. The number of hydrogen-bond acceptors (Lipinski definition) is 1. The summed E-state index contributed by atoms with van der Waals surface area (Å²) in [7, 11) is 0. The second-order valence-electron chi connectivity index (χ2n) is 4.34. The Kier molecular flexibility index (Phi) is 1.51. The lowest BCUT2D eigenvalue weighted by Crippen LogP contribution is -2.48. The summed E-state index contributed by atoms with van der Waals surface area (Å²) in [5.41, 5.74) is 2.12. The SMILES string of the molecule is Brc1cccc(N2CC3(CC3)C2)c1. The Morgan fingerprint density at radius 2 is 2.00 bits per heavy atom. The molecule has 1 aromatic rings. The van der Waals surface area contributed by atoms with Gasteiger partial charge in [-0.2, -0.15) is 0 Å². The van der Waals surface area contributed by atoms with Crippen LogP contribution >= 0.6 is 15.9 Å². The summed E-state index contributed by atoms with van der Waals surface area (Å²) in [6.45, 7) is 2.56. The zero-order valence-corrected chi connectivity index (χ0v) is 9.05. The third-order valence-corrected chi connectivity index (χ3v) is 3.68. The molecule has 2 heteroatoms. The van der Waals surface area contributed by atoms with Crippen LogP contribution in [0.3, 0.4) is 0 Å². The van der Waals surface area contributed by atoms with E-state index in [4.69, 9.17) is 0 Å². The highest BCUT2D eigenvalue weighted by Gasteiger charge is 2.52. The van der Waals surface area contributed by atoms with E-state index in [0.717, 1.165) is 5.41 Å². The highest BCUT2D eigenvalue weighted by Crippen LogP contribution is 2.53. The van der Waals surface area contributed by atoms with Gasteiger partial charge in [-0.1, -0.05) is 22.0 Å². The summed E-state index contributed by atoms with van der Waals surface area (Å²) in [5.74, 6) is 0. The Balaban J connectivity index is 1.78. The molecule has 1 aliphatic heterocycles. The molecule has 0 amide bonds. The summed E-state index contributed by atoms with van der Waals surface area (Å²) >= 11 is 3.50. The first-order valence-electron chi connectivity index (χ1n) is 4.78. The average Bonchev–Trinajstić information content (AvgIpc) is 2.80. The predicted molar refractivity (Wildman–Crippen MR) is 58.0 cm³/mol. The Morgan fingerprint density at radius 3 is 2.62 bits per heavy atom. The largest absolute Gasteiger partial charge is 0.370 e. The lowest BCUT2D eigenvalue weighted by atomic mass is 9.96. The summed E-state index contributed by atoms with van der Waals surface area (Å²) in [4.78, 5) is 2.47. The second-order valence-corrected chi connectivity index (χ2v) is 5.25. The molecule has 1 saturated heterocycles. The van der Waals surface area contributed by atoms with Gasteiger partial charge in [0.2, 0.25) is 0 Å². The first-order valence-corrected chi connectivity index (χ1v) is 5.57. The molecule has 2 aliphatic rings. The maximum atomic E-state index is 3.50. The van der Waals surface area contributed by atoms with Crippen molar-refractivity contribution in [3.8, 4) is 0 Å². The van der Waals surface area contributed by atoms with Gasteiger partial charge in [0.25, 0.3) is 0 Å². The van der Waals surface area contributed by atoms with Gasteiger partial charge in [-0.05, 0) is 31.0 Å². The number of anilines is 1. The molecule has 0 atom stereocenters. The fourth-order valence-corrected chi connectivity index (χ4v) is 2.50. The van der Waals surface area contributed by atoms with Crippen LogP contribution in [-0.4, -0.2) is 13.1 Å². The number of halogens is 1. The fraction of sp³-hybridized carbons (Fsp3) is 0.455. The van der Waals surface area contributed by atoms with Gasteiger partial charge in [0, 0.05) is 28.7 Å². The Bertz CT molecular complexity index is 336. The van der Waals surface area contributed by atoms with Crippen LogP contribution in [0.2, 0.25) is 0 Å². The summed E-state index contributed by atoms with van der Waals surface area (Å²) in [6.07, 6.45) is 2.91. The van der Waals surface area contributed by atoms with E-state index < -0.39 is 0 Å². The van der Waals surface area contributed by atoms with Gasteiger partial charge in [0.15, 0.2) is 0 Å². The second kappa shape index (κ2) is 2.50. The maximum Gasteiger partial charge on any atom is 0.0377 e. The van der Waals surface area contributed by atoms with Gasteiger partial charge in [0.05, 0.1) is 0 Å². The summed E-state index contributed by atoms with van der Waals surface area (Å²) < 4.78 is 1.18. The zero-order chi connectivity index (χ0) is 8.89. The van der Waals surface area contributed by atoms with E-state index in [9.17, 15) is 0 Å². The molecule has 1 heterocycles.